The standard InChI is InChI=1S/C27H29N7O2S/c1-18-14-22-21(16-30-37(28)35)8-5-9-23(22)33(18)27-31-26(29-15-19-6-3-2-4-7-19)24-12-13-25(34(24)32-27)36-17-20-10-11-20/h2-9,12-14,20,30H,10-11,15-17,28H2,1H3,(H,29,31,32). The Hall–Kier alpha value is -3.73. The van der Waals surface area contributed by atoms with Crippen LogP contribution in [0.3, 0.4) is 0 Å². The van der Waals surface area contributed by atoms with Crippen LogP contribution in [0.15, 0.2) is 66.7 Å². The molecule has 0 aliphatic heterocycles. The van der Waals surface area contributed by atoms with Crippen molar-refractivity contribution in [3.05, 3.63) is 83.6 Å². The molecule has 1 saturated carbocycles. The molecular weight excluding hydrogens is 486 g/mol. The number of fused-ring (bicyclic) bond motifs is 2. The number of hydrogen-bond acceptors (Lipinski definition) is 5. The van der Waals surface area contributed by atoms with E-state index >= 15 is 0 Å². The van der Waals surface area contributed by atoms with Crippen LogP contribution in [0.5, 0.6) is 5.88 Å². The molecular formula is C27H29N7O2S. The first-order valence-corrected chi connectivity index (χ1v) is 13.6. The third kappa shape index (κ3) is 4.95. The van der Waals surface area contributed by atoms with Crippen LogP contribution in [0.25, 0.3) is 22.4 Å². The fourth-order valence-corrected chi connectivity index (χ4v) is 4.86. The molecule has 10 heteroatoms. The molecule has 4 N–H and O–H groups in total. The van der Waals surface area contributed by atoms with E-state index in [1.807, 2.05) is 64.5 Å². The number of hydrogen-bond donors (Lipinski definition) is 3. The minimum atomic E-state index is -1.59. The van der Waals surface area contributed by atoms with E-state index in [2.05, 4.69) is 28.2 Å². The number of ether oxygens (including phenoxy) is 1. The van der Waals surface area contributed by atoms with Gasteiger partial charge in [0.25, 0.3) is 5.95 Å². The molecule has 5 aromatic rings. The first kappa shape index (κ1) is 23.7. The molecule has 190 valence electrons. The Morgan fingerprint density at radius 1 is 1.05 bits per heavy atom. The van der Waals surface area contributed by atoms with Gasteiger partial charge in [-0.15, -0.1) is 5.10 Å². The lowest BCUT2D eigenvalue weighted by Gasteiger charge is -2.13. The highest BCUT2D eigenvalue weighted by molar-refractivity contribution is 7.80. The van der Waals surface area contributed by atoms with Gasteiger partial charge in [0, 0.05) is 30.2 Å². The minimum Gasteiger partial charge on any atom is -0.477 e. The maximum Gasteiger partial charge on any atom is 0.254 e. The summed E-state index contributed by atoms with van der Waals surface area (Å²) < 4.78 is 24.2. The van der Waals surface area contributed by atoms with E-state index in [-0.39, 0.29) is 0 Å². The van der Waals surface area contributed by atoms with Gasteiger partial charge in [0.05, 0.1) is 12.1 Å². The number of nitrogens with two attached hydrogens (primary N) is 1. The van der Waals surface area contributed by atoms with Crippen LogP contribution in [0.1, 0.15) is 29.7 Å². The molecule has 3 aromatic heterocycles. The van der Waals surface area contributed by atoms with Crippen molar-refractivity contribution >= 4 is 33.4 Å². The number of aromatic nitrogens is 4. The quantitative estimate of drug-likeness (QED) is 0.260. The molecule has 3 heterocycles. The van der Waals surface area contributed by atoms with E-state index in [0.29, 0.717) is 37.4 Å². The van der Waals surface area contributed by atoms with Gasteiger partial charge in [-0.05, 0) is 55.0 Å². The van der Waals surface area contributed by atoms with Gasteiger partial charge in [-0.25, -0.2) is 14.1 Å². The number of rotatable bonds is 10. The van der Waals surface area contributed by atoms with Crippen molar-refractivity contribution in [1.82, 2.24) is 23.9 Å². The summed E-state index contributed by atoms with van der Waals surface area (Å²) in [6.45, 7) is 3.75. The maximum absolute atomic E-state index is 11.4. The predicted octanol–water partition coefficient (Wildman–Crippen LogP) is 4.01. The summed E-state index contributed by atoms with van der Waals surface area (Å²) in [6, 6.07) is 22.3. The normalized spacial score (nSPS) is 14.3. The molecule has 0 bridgehead atoms. The van der Waals surface area contributed by atoms with Crippen molar-refractivity contribution in [3.8, 4) is 11.8 Å². The first-order chi connectivity index (χ1) is 18.1. The van der Waals surface area contributed by atoms with Gasteiger partial charge >= 0.3 is 0 Å². The molecule has 1 atom stereocenters. The Balaban J connectivity index is 1.44. The number of aryl methyl sites for hydroxylation is 1. The Morgan fingerprint density at radius 2 is 1.89 bits per heavy atom. The molecule has 0 radical (unpaired) electrons. The van der Waals surface area contributed by atoms with Crippen LogP contribution in [-0.4, -0.2) is 30.0 Å². The number of nitrogens with one attached hydrogen (secondary N) is 2. The molecule has 1 fully saturated rings. The number of benzene rings is 2. The van der Waals surface area contributed by atoms with E-state index in [1.54, 1.807) is 0 Å². The van der Waals surface area contributed by atoms with Gasteiger partial charge in [0.15, 0.2) is 17.0 Å². The number of anilines is 1. The lowest BCUT2D eigenvalue weighted by Crippen LogP contribution is -2.23. The van der Waals surface area contributed by atoms with Gasteiger partial charge < -0.3 is 10.1 Å². The van der Waals surface area contributed by atoms with Crippen LogP contribution < -0.4 is 19.9 Å². The van der Waals surface area contributed by atoms with Gasteiger partial charge in [-0.2, -0.15) is 9.50 Å². The zero-order valence-electron chi connectivity index (χ0n) is 20.6. The molecule has 37 heavy (non-hydrogen) atoms. The summed E-state index contributed by atoms with van der Waals surface area (Å²) in [5, 5.41) is 14.9. The Bertz CT molecular complexity index is 1590. The maximum atomic E-state index is 11.4. The molecule has 1 aliphatic rings. The lowest BCUT2D eigenvalue weighted by molar-refractivity contribution is 0.282. The Labute approximate surface area is 217 Å². The lowest BCUT2D eigenvalue weighted by atomic mass is 10.1. The van der Waals surface area contributed by atoms with E-state index in [4.69, 9.17) is 20.0 Å². The second kappa shape index (κ2) is 9.97. The number of nitrogens with zero attached hydrogens (tertiary/aromatic N) is 4. The molecule has 9 nitrogen and oxygen atoms in total. The summed E-state index contributed by atoms with van der Waals surface area (Å²) in [4.78, 5) is 4.97. The molecule has 6 rings (SSSR count). The summed E-state index contributed by atoms with van der Waals surface area (Å²) in [5.41, 5.74) is 4.96. The van der Waals surface area contributed by atoms with Crippen molar-refractivity contribution in [2.24, 2.45) is 11.1 Å². The fraction of sp³-hybridized carbons (Fsp3) is 0.259. The van der Waals surface area contributed by atoms with Crippen molar-refractivity contribution in [2.45, 2.75) is 32.9 Å². The molecule has 1 aliphatic carbocycles. The van der Waals surface area contributed by atoms with Crippen LogP contribution in [0, 0.1) is 12.8 Å². The summed E-state index contributed by atoms with van der Waals surface area (Å²) >= 11 is -1.59. The third-order valence-corrected chi connectivity index (χ3v) is 7.09. The molecule has 1 unspecified atom stereocenters. The monoisotopic (exact) mass is 515 g/mol. The summed E-state index contributed by atoms with van der Waals surface area (Å²) in [6.07, 6.45) is 2.44. The zero-order chi connectivity index (χ0) is 25.4. The summed E-state index contributed by atoms with van der Waals surface area (Å²) in [7, 11) is 0. The van der Waals surface area contributed by atoms with E-state index < -0.39 is 11.2 Å². The fourth-order valence-electron chi connectivity index (χ4n) is 4.56. The van der Waals surface area contributed by atoms with Crippen LogP contribution in [-0.2, 0) is 24.3 Å². The molecule has 2 aromatic carbocycles. The highest BCUT2D eigenvalue weighted by Gasteiger charge is 2.23. The van der Waals surface area contributed by atoms with E-state index in [9.17, 15) is 4.21 Å². The van der Waals surface area contributed by atoms with Gasteiger partial charge in [-0.3, -0.25) is 4.57 Å². The average molecular weight is 516 g/mol. The summed E-state index contributed by atoms with van der Waals surface area (Å²) in [5.74, 6) is 2.61. The van der Waals surface area contributed by atoms with Crippen LogP contribution >= 0.6 is 0 Å². The highest BCUT2D eigenvalue weighted by Crippen LogP contribution is 2.31. The Kier molecular flexibility index (Phi) is 6.37. The van der Waals surface area contributed by atoms with Crippen molar-refractivity contribution in [3.63, 3.8) is 0 Å². The van der Waals surface area contributed by atoms with Gasteiger partial charge in [-0.1, -0.05) is 42.5 Å². The second-order valence-electron chi connectivity index (χ2n) is 9.41. The van der Waals surface area contributed by atoms with Crippen LogP contribution in [0.4, 0.5) is 5.82 Å². The van der Waals surface area contributed by atoms with Crippen molar-refractivity contribution in [2.75, 3.05) is 11.9 Å². The largest absolute Gasteiger partial charge is 0.477 e. The Morgan fingerprint density at radius 3 is 2.68 bits per heavy atom. The van der Waals surface area contributed by atoms with E-state index in [1.165, 1.54) is 12.8 Å². The topological polar surface area (TPSA) is 112 Å². The van der Waals surface area contributed by atoms with Gasteiger partial charge in [0.2, 0.25) is 5.88 Å². The van der Waals surface area contributed by atoms with Crippen molar-refractivity contribution < 1.29 is 8.95 Å². The third-order valence-electron chi connectivity index (χ3n) is 6.66. The molecule has 0 spiro atoms. The zero-order valence-corrected chi connectivity index (χ0v) is 21.4. The minimum absolute atomic E-state index is 0.393. The van der Waals surface area contributed by atoms with Gasteiger partial charge in [0.1, 0.15) is 5.52 Å². The second-order valence-corrected chi connectivity index (χ2v) is 10.3. The molecule has 0 amide bonds. The van der Waals surface area contributed by atoms with Crippen LogP contribution in [0.2, 0.25) is 0 Å². The smallest absolute Gasteiger partial charge is 0.254 e. The molecule has 0 saturated heterocycles. The average Bonchev–Trinajstić information content (AvgIpc) is 3.54. The van der Waals surface area contributed by atoms with E-state index in [0.717, 1.165) is 39.1 Å². The predicted molar refractivity (Wildman–Crippen MR) is 146 cm³/mol. The first-order valence-electron chi connectivity index (χ1n) is 12.4. The SMILES string of the molecule is Cc1cc2c(CNS(N)=O)cccc2n1-c1nc(NCc2ccccc2)c2ccc(OCC3CC3)n2n1. The van der Waals surface area contributed by atoms with Crippen molar-refractivity contribution in [1.29, 1.82) is 0 Å². The highest BCUT2D eigenvalue weighted by atomic mass is 32.2.